The Morgan fingerprint density at radius 3 is 3.06 bits per heavy atom. The van der Waals surface area contributed by atoms with Crippen molar-refractivity contribution in [1.82, 2.24) is 0 Å². The lowest BCUT2D eigenvalue weighted by Crippen LogP contribution is -2.44. The number of ether oxygens (including phenoxy) is 2. The number of morpholine rings is 1. The Bertz CT molecular complexity index is 381. The largest absolute Gasteiger partial charge is 0.495 e. The van der Waals surface area contributed by atoms with Crippen LogP contribution in [0.1, 0.15) is 5.56 Å². The lowest BCUT2D eigenvalue weighted by atomic mass is 10.1. The first kappa shape index (κ1) is 12.2. The van der Waals surface area contributed by atoms with Crippen LogP contribution in [0.15, 0.2) is 18.2 Å². The molecule has 1 unspecified atom stereocenters. The number of aryl methyl sites for hydroxylation is 1. The van der Waals surface area contributed by atoms with Crippen LogP contribution in [0.2, 0.25) is 0 Å². The molecule has 94 valence electrons. The third-order valence-electron chi connectivity index (χ3n) is 3.02. The number of hydrogen-bond donors (Lipinski definition) is 1. The molecule has 0 aliphatic carbocycles. The first-order valence-corrected chi connectivity index (χ1v) is 5.86. The minimum absolute atomic E-state index is 0.0601. The van der Waals surface area contributed by atoms with Crippen molar-refractivity contribution in [1.29, 1.82) is 0 Å². The van der Waals surface area contributed by atoms with E-state index in [1.54, 1.807) is 7.11 Å². The lowest BCUT2D eigenvalue weighted by molar-refractivity contribution is 0.00346. The van der Waals surface area contributed by atoms with Gasteiger partial charge in [0.1, 0.15) is 5.75 Å². The molecule has 0 saturated carbocycles. The standard InChI is InChI=1S/C13H19NO3/c1-10-3-4-13(16-2)12(7-10)14-5-6-17-11(8-14)9-15/h3-4,7,11,15H,5-6,8-9H2,1-2H3. The van der Waals surface area contributed by atoms with E-state index in [4.69, 9.17) is 14.6 Å². The van der Waals surface area contributed by atoms with Crippen molar-refractivity contribution in [3.8, 4) is 5.75 Å². The van der Waals surface area contributed by atoms with E-state index >= 15 is 0 Å². The maximum atomic E-state index is 9.15. The Morgan fingerprint density at radius 1 is 1.53 bits per heavy atom. The molecule has 0 radical (unpaired) electrons. The molecular formula is C13H19NO3. The zero-order valence-corrected chi connectivity index (χ0v) is 10.3. The van der Waals surface area contributed by atoms with Gasteiger partial charge >= 0.3 is 0 Å². The monoisotopic (exact) mass is 237 g/mol. The van der Waals surface area contributed by atoms with Gasteiger partial charge < -0.3 is 19.5 Å². The van der Waals surface area contributed by atoms with Gasteiger partial charge in [0.15, 0.2) is 0 Å². The summed E-state index contributed by atoms with van der Waals surface area (Å²) in [5, 5.41) is 9.15. The molecule has 1 heterocycles. The summed E-state index contributed by atoms with van der Waals surface area (Å²) in [5.74, 6) is 0.870. The topological polar surface area (TPSA) is 41.9 Å². The highest BCUT2D eigenvalue weighted by molar-refractivity contribution is 5.60. The summed E-state index contributed by atoms with van der Waals surface area (Å²) in [7, 11) is 1.68. The third-order valence-corrected chi connectivity index (χ3v) is 3.02. The van der Waals surface area contributed by atoms with E-state index < -0.39 is 0 Å². The van der Waals surface area contributed by atoms with E-state index in [1.807, 2.05) is 12.1 Å². The summed E-state index contributed by atoms with van der Waals surface area (Å²) in [5.41, 5.74) is 2.28. The highest BCUT2D eigenvalue weighted by Crippen LogP contribution is 2.30. The third kappa shape index (κ3) is 2.70. The maximum Gasteiger partial charge on any atom is 0.142 e. The van der Waals surface area contributed by atoms with E-state index in [-0.39, 0.29) is 12.7 Å². The first-order valence-electron chi connectivity index (χ1n) is 5.86. The molecule has 1 aromatic rings. The summed E-state index contributed by atoms with van der Waals surface area (Å²) in [6.45, 7) is 4.30. The summed E-state index contributed by atoms with van der Waals surface area (Å²) in [6, 6.07) is 6.12. The second-order valence-electron chi connectivity index (χ2n) is 4.30. The first-order chi connectivity index (χ1) is 8.24. The Morgan fingerprint density at radius 2 is 2.35 bits per heavy atom. The normalized spacial score (nSPS) is 20.4. The van der Waals surface area contributed by atoms with Crippen molar-refractivity contribution in [3.63, 3.8) is 0 Å². The van der Waals surface area contributed by atoms with E-state index in [9.17, 15) is 0 Å². The molecule has 2 rings (SSSR count). The van der Waals surface area contributed by atoms with Gasteiger partial charge in [-0.3, -0.25) is 0 Å². The van der Waals surface area contributed by atoms with Crippen molar-refractivity contribution in [2.24, 2.45) is 0 Å². The van der Waals surface area contributed by atoms with Gasteiger partial charge in [-0.1, -0.05) is 6.07 Å². The zero-order valence-electron chi connectivity index (χ0n) is 10.3. The van der Waals surface area contributed by atoms with Gasteiger partial charge in [-0.2, -0.15) is 0 Å². The molecular weight excluding hydrogens is 218 g/mol. The van der Waals surface area contributed by atoms with E-state index in [2.05, 4.69) is 17.9 Å². The van der Waals surface area contributed by atoms with Crippen molar-refractivity contribution in [2.75, 3.05) is 38.3 Å². The van der Waals surface area contributed by atoms with Gasteiger partial charge in [0.05, 0.1) is 32.1 Å². The molecule has 1 fully saturated rings. The predicted molar refractivity (Wildman–Crippen MR) is 66.8 cm³/mol. The number of methoxy groups -OCH3 is 1. The highest BCUT2D eigenvalue weighted by Gasteiger charge is 2.22. The molecule has 17 heavy (non-hydrogen) atoms. The minimum atomic E-state index is -0.103. The van der Waals surface area contributed by atoms with Crippen molar-refractivity contribution >= 4 is 5.69 Å². The Kier molecular flexibility index (Phi) is 3.86. The fraction of sp³-hybridized carbons (Fsp3) is 0.538. The van der Waals surface area contributed by atoms with E-state index in [0.717, 1.165) is 18.0 Å². The lowest BCUT2D eigenvalue weighted by Gasteiger charge is -2.34. The number of benzene rings is 1. The molecule has 0 aromatic heterocycles. The average molecular weight is 237 g/mol. The minimum Gasteiger partial charge on any atom is -0.495 e. The fourth-order valence-electron chi connectivity index (χ4n) is 2.10. The summed E-state index contributed by atoms with van der Waals surface area (Å²) < 4.78 is 10.8. The molecule has 4 heteroatoms. The number of aliphatic hydroxyl groups is 1. The number of hydrogen-bond acceptors (Lipinski definition) is 4. The summed E-state index contributed by atoms with van der Waals surface area (Å²) in [6.07, 6.45) is -0.103. The van der Waals surface area contributed by atoms with Gasteiger partial charge in [-0.25, -0.2) is 0 Å². The number of aliphatic hydroxyl groups excluding tert-OH is 1. The van der Waals surface area contributed by atoms with Crippen molar-refractivity contribution < 1.29 is 14.6 Å². The maximum absolute atomic E-state index is 9.15. The molecule has 4 nitrogen and oxygen atoms in total. The molecule has 1 aliphatic rings. The molecule has 1 atom stereocenters. The van der Waals surface area contributed by atoms with Crippen LogP contribution in [0.5, 0.6) is 5.75 Å². The quantitative estimate of drug-likeness (QED) is 0.857. The van der Waals surface area contributed by atoms with Crippen LogP contribution >= 0.6 is 0 Å². The van der Waals surface area contributed by atoms with Crippen LogP contribution in [0, 0.1) is 6.92 Å². The van der Waals surface area contributed by atoms with Crippen LogP contribution in [0.4, 0.5) is 5.69 Å². The zero-order chi connectivity index (χ0) is 12.3. The second kappa shape index (κ2) is 5.38. The molecule has 0 bridgehead atoms. The molecule has 1 aliphatic heterocycles. The van der Waals surface area contributed by atoms with Crippen LogP contribution in [-0.4, -0.2) is 44.6 Å². The van der Waals surface area contributed by atoms with Gasteiger partial charge in [0.2, 0.25) is 0 Å². The van der Waals surface area contributed by atoms with Crippen LogP contribution in [-0.2, 0) is 4.74 Å². The molecule has 0 amide bonds. The number of anilines is 1. The molecule has 1 aromatic carbocycles. The van der Waals surface area contributed by atoms with Crippen molar-refractivity contribution in [3.05, 3.63) is 23.8 Å². The molecule has 0 spiro atoms. The van der Waals surface area contributed by atoms with Crippen LogP contribution in [0.3, 0.4) is 0 Å². The van der Waals surface area contributed by atoms with E-state index in [1.165, 1.54) is 5.56 Å². The van der Waals surface area contributed by atoms with Gasteiger partial charge in [-0.05, 0) is 24.6 Å². The smallest absolute Gasteiger partial charge is 0.142 e. The number of rotatable bonds is 3. The van der Waals surface area contributed by atoms with Gasteiger partial charge in [0, 0.05) is 13.1 Å². The molecule has 1 N–H and O–H groups in total. The second-order valence-corrected chi connectivity index (χ2v) is 4.30. The molecule has 1 saturated heterocycles. The fourth-order valence-corrected chi connectivity index (χ4v) is 2.10. The highest BCUT2D eigenvalue weighted by atomic mass is 16.5. The Balaban J connectivity index is 2.22. The SMILES string of the molecule is COc1ccc(C)cc1N1CCOC(CO)C1. The predicted octanol–water partition coefficient (Wildman–Crippen LogP) is 1.20. The number of nitrogens with zero attached hydrogens (tertiary/aromatic N) is 1. The van der Waals surface area contributed by atoms with Gasteiger partial charge in [0.25, 0.3) is 0 Å². The van der Waals surface area contributed by atoms with Crippen molar-refractivity contribution in [2.45, 2.75) is 13.0 Å². The summed E-state index contributed by atoms with van der Waals surface area (Å²) in [4.78, 5) is 2.20. The Hall–Kier alpha value is -1.26. The van der Waals surface area contributed by atoms with Crippen LogP contribution < -0.4 is 9.64 Å². The van der Waals surface area contributed by atoms with E-state index in [0.29, 0.717) is 13.2 Å². The van der Waals surface area contributed by atoms with Gasteiger partial charge in [-0.15, -0.1) is 0 Å². The van der Waals surface area contributed by atoms with Crippen LogP contribution in [0.25, 0.3) is 0 Å². The Labute approximate surface area is 102 Å². The summed E-state index contributed by atoms with van der Waals surface area (Å²) >= 11 is 0. The average Bonchev–Trinajstić information content (AvgIpc) is 2.39.